The highest BCUT2D eigenvalue weighted by molar-refractivity contribution is 7.98. The van der Waals surface area contributed by atoms with Gasteiger partial charge in [-0.05, 0) is 44.8 Å². The fourth-order valence-corrected chi connectivity index (χ4v) is 14.8. The van der Waals surface area contributed by atoms with Gasteiger partial charge in [0.25, 0.3) is 6.48 Å². The average Bonchev–Trinajstić information content (AvgIpc) is 3.97. The van der Waals surface area contributed by atoms with Crippen LogP contribution >= 0.6 is 58.8 Å². The molecule has 0 aromatic carbocycles. The molecule has 2 aromatic rings. The van der Waals surface area contributed by atoms with Gasteiger partial charge >= 0.3 is 8.60 Å². The highest BCUT2D eigenvalue weighted by Crippen LogP contribution is 2.85. The molecule has 0 bridgehead atoms. The van der Waals surface area contributed by atoms with Crippen LogP contribution in [0, 0.1) is 0 Å². The van der Waals surface area contributed by atoms with Crippen LogP contribution in [0.4, 0.5) is 5.82 Å². The summed E-state index contributed by atoms with van der Waals surface area (Å²) < 4.78 is 62.5. The van der Waals surface area contributed by atoms with Crippen LogP contribution in [-0.4, -0.2) is 123 Å². The molecule has 5 heterocycles. The Morgan fingerprint density at radius 3 is 1.70 bits per heavy atom. The molecule has 0 radical (unpaired) electrons. The normalized spacial score (nSPS) is 28.3. The van der Waals surface area contributed by atoms with Crippen LogP contribution in [0.5, 0.6) is 0 Å². The molecule has 3 fully saturated rings. The van der Waals surface area contributed by atoms with Crippen molar-refractivity contribution in [2.45, 2.75) is 159 Å². The molecule has 0 spiro atoms. The van der Waals surface area contributed by atoms with Gasteiger partial charge in [0.1, 0.15) is 23.8 Å². The van der Waals surface area contributed by atoms with E-state index < -0.39 is 65.2 Å². The maximum Gasteiger partial charge on any atom is 0.343 e. The number of aromatic nitrogens is 4. The molecule has 0 aliphatic carbocycles. The molecule has 0 amide bonds. The zero-order chi connectivity index (χ0) is 46.5. The first-order chi connectivity index (χ1) is 30.0. The van der Waals surface area contributed by atoms with E-state index in [2.05, 4.69) is 65.1 Å². The summed E-state index contributed by atoms with van der Waals surface area (Å²) in [5, 5.41) is 0.405. The molecule has 3 unspecified atom stereocenters. The third-order valence-corrected chi connectivity index (χ3v) is 20.7. The van der Waals surface area contributed by atoms with E-state index >= 15 is 0 Å². The van der Waals surface area contributed by atoms with Crippen LogP contribution < -0.4 is 15.5 Å². The molecular weight excluding hydrogens is 938 g/mol. The van der Waals surface area contributed by atoms with Crippen molar-refractivity contribution in [2.75, 3.05) is 71.6 Å². The fourth-order valence-electron chi connectivity index (χ4n) is 8.28. The number of hydrogen-bond donors (Lipinski definition) is 1. The number of thioether (sulfide) groups is 1. The average molecular weight is 1010 g/mol. The van der Waals surface area contributed by atoms with Gasteiger partial charge in [0, 0.05) is 7.11 Å². The number of nitrogens with zero attached hydrogens (tertiary/aromatic N) is 6. The summed E-state index contributed by atoms with van der Waals surface area (Å²) in [5.74, 6) is 0.170. The topological polar surface area (TPSA) is 214 Å². The molecule has 24 heteroatoms. The quantitative estimate of drug-likeness (QED) is 0.0233. The van der Waals surface area contributed by atoms with Crippen molar-refractivity contribution < 1.29 is 60.0 Å². The molecular formula is C39H72Cl2N7O11P3S. The minimum absolute atomic E-state index is 0.170. The molecule has 5 rings (SSSR count). The van der Waals surface area contributed by atoms with E-state index in [1.807, 2.05) is 0 Å². The number of quaternary nitrogens is 2. The van der Waals surface area contributed by atoms with Crippen molar-refractivity contribution in [3.05, 3.63) is 6.33 Å². The van der Waals surface area contributed by atoms with Crippen LogP contribution in [0.1, 0.15) is 125 Å². The molecule has 18 nitrogen and oxygen atoms in total. The predicted molar refractivity (Wildman–Crippen MR) is 245 cm³/mol. The van der Waals surface area contributed by atoms with E-state index in [-0.39, 0.29) is 5.82 Å². The number of imidazole rings is 1. The van der Waals surface area contributed by atoms with Crippen LogP contribution in [-0.2, 0) is 41.2 Å². The van der Waals surface area contributed by atoms with E-state index in [4.69, 9.17) is 52.4 Å². The molecule has 3 aliphatic heterocycles. The van der Waals surface area contributed by atoms with Gasteiger partial charge in [-0.1, -0.05) is 115 Å². The van der Waals surface area contributed by atoms with Crippen LogP contribution in [0.25, 0.3) is 11.2 Å². The summed E-state index contributed by atoms with van der Waals surface area (Å²) in [6, 6.07) is 0. The molecule has 2 N–H and O–H groups in total. The standard InChI is InChI=1S/C25H56N2.C14H18Cl2N5O11P3S/c1-7-13-19-26(20-14-8-2,21-15-9-3)25-27(22-16-10-4,23-17-11-5)24-18-12-6;1-26-13-29-7-5(3-27-33-31-34(22,23)14(15,16)35(24,25)32-33)28-11(8(7)30-13)21-4-18-6-9(17)19-12(36-2)20-10(6)21/h7-25H2,1-6H3;4-5,7-8,11,13H,3H2,1-2H3,(H,22,23)(H,24,25)(H2,17,19,20)/q+2;/p-2/t;5-,7-,8-,11-,13?/m.1/s1. The maximum atomic E-state index is 12.1. The number of nitrogens with two attached hydrogens (primary N) is 1. The third kappa shape index (κ3) is 13.9. The summed E-state index contributed by atoms with van der Waals surface area (Å²) in [5.41, 5.74) is 6.70. The summed E-state index contributed by atoms with van der Waals surface area (Å²) in [7, 11) is -12.2. The Labute approximate surface area is 390 Å². The van der Waals surface area contributed by atoms with Crippen LogP contribution in [0.15, 0.2) is 11.5 Å². The first-order valence-corrected chi connectivity index (χ1v) is 28.7. The summed E-state index contributed by atoms with van der Waals surface area (Å²) in [6.45, 7) is 22.7. The number of unbranched alkanes of at least 4 members (excludes halogenated alkanes) is 6. The number of alkyl halides is 2. The summed E-state index contributed by atoms with van der Waals surface area (Å²) in [4.78, 5) is 37.1. The van der Waals surface area contributed by atoms with Crippen molar-refractivity contribution in [3.8, 4) is 0 Å². The largest absolute Gasteiger partial charge is 0.776 e. The second-order valence-corrected chi connectivity index (χ2v) is 25.5. The van der Waals surface area contributed by atoms with Crippen molar-refractivity contribution in [3.63, 3.8) is 0 Å². The zero-order valence-corrected chi connectivity index (χ0v) is 43.4. The first kappa shape index (κ1) is 55.3. The second kappa shape index (κ2) is 25.4. The number of anilines is 1. The number of nitrogen functional groups attached to an aromatic ring is 1. The lowest BCUT2D eigenvalue weighted by atomic mass is 10.1. The Balaban J connectivity index is 0.000000291. The minimum atomic E-state index is -5.33. The van der Waals surface area contributed by atoms with E-state index in [1.54, 1.807) is 10.8 Å². The third-order valence-electron chi connectivity index (χ3n) is 11.8. The van der Waals surface area contributed by atoms with Crippen LogP contribution in [0.2, 0.25) is 0 Å². The Bertz CT molecular complexity index is 1710. The maximum absolute atomic E-state index is 12.1. The number of rotatable bonds is 26. The van der Waals surface area contributed by atoms with Crippen molar-refractivity contribution in [1.29, 1.82) is 0 Å². The van der Waals surface area contributed by atoms with Crippen LogP contribution in [0.3, 0.4) is 0 Å². The van der Waals surface area contributed by atoms with Gasteiger partial charge in [-0.3, -0.25) is 22.2 Å². The summed E-state index contributed by atoms with van der Waals surface area (Å²) >= 11 is 12.1. The molecule has 3 saturated heterocycles. The smallest absolute Gasteiger partial charge is 0.343 e. The Morgan fingerprint density at radius 2 is 1.27 bits per heavy atom. The summed E-state index contributed by atoms with van der Waals surface area (Å²) in [6.07, 6.45) is 16.4. The molecule has 7 atom stereocenters. The van der Waals surface area contributed by atoms with Gasteiger partial charge in [-0.15, -0.1) is 0 Å². The highest BCUT2D eigenvalue weighted by Gasteiger charge is 2.58. The number of hydrogen-bond acceptors (Lipinski definition) is 16. The van der Waals surface area contributed by atoms with Gasteiger partial charge in [0.2, 0.25) is 10.5 Å². The van der Waals surface area contributed by atoms with Gasteiger partial charge in [0.15, 0.2) is 38.0 Å². The van der Waals surface area contributed by atoms with E-state index in [9.17, 15) is 18.9 Å². The van der Waals surface area contributed by atoms with Crippen molar-refractivity contribution >= 4 is 75.7 Å². The van der Waals surface area contributed by atoms with E-state index in [1.165, 1.54) is 157 Å². The zero-order valence-electron chi connectivity index (χ0n) is 38.4. The SMILES string of the molecule is CCCC[N+](CCCC)(CCCC)C[N+](CCCC)(CCCC)CCCC.COC1O[C@@H]2[C@H](O1)[C@@H](COP1OP(=O)([O-])C(Cl)(Cl)P(=O)([O-])O1)O[C@H]2n1cnc2c(N)nc(SC)nc21. The van der Waals surface area contributed by atoms with Gasteiger partial charge < -0.3 is 48.1 Å². The Morgan fingerprint density at radius 1 is 0.810 bits per heavy atom. The van der Waals surface area contributed by atoms with Gasteiger partial charge in [-0.2, -0.15) is 0 Å². The number of halogens is 2. The number of ether oxygens (including phenoxy) is 4. The highest BCUT2D eigenvalue weighted by atomic mass is 35.5. The van der Waals surface area contributed by atoms with Gasteiger partial charge in [-0.25, -0.2) is 15.0 Å². The Hall–Kier alpha value is -0.270. The molecule has 0 saturated carbocycles. The van der Waals surface area contributed by atoms with Crippen molar-refractivity contribution in [1.82, 2.24) is 19.5 Å². The van der Waals surface area contributed by atoms with Crippen molar-refractivity contribution in [2.24, 2.45) is 0 Å². The second-order valence-electron chi connectivity index (χ2n) is 16.7. The van der Waals surface area contributed by atoms with E-state index in [0.29, 0.717) is 16.3 Å². The molecule has 364 valence electrons. The lowest BCUT2D eigenvalue weighted by Crippen LogP contribution is -2.64. The minimum Gasteiger partial charge on any atom is -0.776 e. The number of fused-ring (bicyclic) bond motifs is 2. The monoisotopic (exact) mass is 1010 g/mol. The fraction of sp³-hybridized carbons (Fsp3) is 0.872. The molecule has 63 heavy (non-hydrogen) atoms. The number of methoxy groups -OCH3 is 1. The molecule has 2 aromatic heterocycles. The Kier molecular flexibility index (Phi) is 22.3. The van der Waals surface area contributed by atoms with Gasteiger partial charge in [0.05, 0.1) is 52.2 Å². The lowest BCUT2D eigenvalue weighted by molar-refractivity contribution is -1.10. The first-order valence-electron chi connectivity index (χ1n) is 22.5. The molecule has 3 aliphatic rings. The predicted octanol–water partition coefficient (Wildman–Crippen LogP) is 8.61. The lowest BCUT2D eigenvalue weighted by Gasteiger charge is -2.48. The van der Waals surface area contributed by atoms with E-state index in [0.717, 1.165) is 0 Å².